The molecule has 0 aromatic carbocycles. The first kappa shape index (κ1) is 12.8. The summed E-state index contributed by atoms with van der Waals surface area (Å²) in [7, 11) is 1.79. The number of halogens is 2. The Kier molecular flexibility index (Phi) is 2.77. The van der Waals surface area contributed by atoms with Gasteiger partial charge in [-0.05, 0) is 24.2 Å². The van der Waals surface area contributed by atoms with Crippen molar-refractivity contribution in [2.45, 2.75) is 31.5 Å². The second kappa shape index (κ2) is 3.45. The maximum absolute atomic E-state index is 12.1. The average molecular weight is 330 g/mol. The fourth-order valence-corrected chi connectivity index (χ4v) is 6.72. The van der Waals surface area contributed by atoms with Gasteiger partial charge in [0.05, 0.1) is 10.6 Å². The molecule has 0 spiro atoms. The summed E-state index contributed by atoms with van der Waals surface area (Å²) >= 11 is 3.39. The van der Waals surface area contributed by atoms with Crippen molar-refractivity contribution in [3.05, 3.63) is 0 Å². The standard InChI is InChI=1S/C10H14BrClO3S/c1-9-4-3-6(7(11)8(9)13)10(9,2)5-16(12,14)15/h6-7H,3-5H2,1-2H3. The van der Waals surface area contributed by atoms with Gasteiger partial charge >= 0.3 is 0 Å². The van der Waals surface area contributed by atoms with Gasteiger partial charge in [0, 0.05) is 16.1 Å². The first-order chi connectivity index (χ1) is 7.12. The maximum atomic E-state index is 12.1. The van der Waals surface area contributed by atoms with Crippen molar-refractivity contribution in [3.8, 4) is 0 Å². The molecule has 0 heterocycles. The highest BCUT2D eigenvalue weighted by atomic mass is 79.9. The van der Waals surface area contributed by atoms with Crippen molar-refractivity contribution in [1.29, 1.82) is 0 Å². The number of hydrogen-bond donors (Lipinski definition) is 0. The molecule has 16 heavy (non-hydrogen) atoms. The summed E-state index contributed by atoms with van der Waals surface area (Å²) in [4.78, 5) is 11.9. The molecule has 0 amide bonds. The molecule has 0 radical (unpaired) electrons. The topological polar surface area (TPSA) is 51.2 Å². The van der Waals surface area contributed by atoms with E-state index >= 15 is 0 Å². The molecule has 2 aliphatic carbocycles. The largest absolute Gasteiger partial charge is 0.298 e. The Hall–Kier alpha value is 0.390. The molecule has 0 aliphatic heterocycles. The highest BCUT2D eigenvalue weighted by molar-refractivity contribution is 9.10. The fourth-order valence-electron chi connectivity index (χ4n) is 3.44. The van der Waals surface area contributed by atoms with Crippen LogP contribution in [0.5, 0.6) is 0 Å². The van der Waals surface area contributed by atoms with E-state index in [1.54, 1.807) is 0 Å². The molecule has 0 aromatic rings. The number of ketones is 1. The van der Waals surface area contributed by atoms with Crippen molar-refractivity contribution in [2.24, 2.45) is 16.7 Å². The van der Waals surface area contributed by atoms with Crippen molar-refractivity contribution >= 4 is 41.4 Å². The maximum Gasteiger partial charge on any atom is 0.233 e. The zero-order valence-electron chi connectivity index (χ0n) is 9.16. The fraction of sp³-hybridized carbons (Fsp3) is 0.900. The summed E-state index contributed by atoms with van der Waals surface area (Å²) in [6.07, 6.45) is 1.66. The minimum Gasteiger partial charge on any atom is -0.298 e. The van der Waals surface area contributed by atoms with Gasteiger partial charge in [-0.15, -0.1) is 0 Å². The van der Waals surface area contributed by atoms with Crippen molar-refractivity contribution < 1.29 is 13.2 Å². The summed E-state index contributed by atoms with van der Waals surface area (Å²) in [6.45, 7) is 3.75. The van der Waals surface area contributed by atoms with Gasteiger partial charge in [0.25, 0.3) is 0 Å². The molecule has 92 valence electrons. The summed E-state index contributed by atoms with van der Waals surface area (Å²) in [6, 6.07) is 0. The zero-order chi connectivity index (χ0) is 12.4. The first-order valence-electron chi connectivity index (χ1n) is 5.22. The SMILES string of the molecule is CC12CCC(C(Br)C1=O)C2(C)CS(=O)(=O)Cl. The predicted octanol–water partition coefficient (Wildman–Crippen LogP) is 2.32. The highest BCUT2D eigenvalue weighted by Gasteiger charge is 2.68. The average Bonchev–Trinajstić information content (AvgIpc) is 2.40. The van der Waals surface area contributed by atoms with E-state index in [1.165, 1.54) is 0 Å². The molecule has 2 bridgehead atoms. The second-order valence-electron chi connectivity index (χ2n) is 5.34. The van der Waals surface area contributed by atoms with E-state index in [0.29, 0.717) is 0 Å². The van der Waals surface area contributed by atoms with Crippen LogP contribution in [0.4, 0.5) is 0 Å². The van der Waals surface area contributed by atoms with E-state index in [-0.39, 0.29) is 22.3 Å². The number of fused-ring (bicyclic) bond motifs is 2. The predicted molar refractivity (Wildman–Crippen MR) is 66.3 cm³/mol. The molecule has 2 rings (SSSR count). The highest BCUT2D eigenvalue weighted by Crippen LogP contribution is 2.65. The van der Waals surface area contributed by atoms with Crippen molar-refractivity contribution in [2.75, 3.05) is 5.75 Å². The van der Waals surface area contributed by atoms with Crippen LogP contribution in [0.15, 0.2) is 0 Å². The lowest BCUT2D eigenvalue weighted by atomic mass is 9.70. The summed E-state index contributed by atoms with van der Waals surface area (Å²) in [5, 5.41) is 0. The molecule has 2 saturated carbocycles. The van der Waals surface area contributed by atoms with Gasteiger partial charge in [0.1, 0.15) is 0 Å². The number of Topliss-reactive ketones (excluding diaryl/α,β-unsaturated/α-hetero) is 1. The van der Waals surface area contributed by atoms with Gasteiger partial charge in [0.2, 0.25) is 9.05 Å². The lowest BCUT2D eigenvalue weighted by Crippen LogP contribution is -2.39. The van der Waals surface area contributed by atoms with Crippen molar-refractivity contribution in [1.82, 2.24) is 0 Å². The lowest BCUT2D eigenvalue weighted by molar-refractivity contribution is -0.127. The van der Waals surface area contributed by atoms with E-state index in [2.05, 4.69) is 15.9 Å². The van der Waals surface area contributed by atoms with Crippen LogP contribution in [-0.4, -0.2) is 24.8 Å². The van der Waals surface area contributed by atoms with E-state index in [0.717, 1.165) is 12.8 Å². The van der Waals surface area contributed by atoms with Gasteiger partial charge in [-0.1, -0.05) is 29.8 Å². The van der Waals surface area contributed by atoms with E-state index in [9.17, 15) is 13.2 Å². The smallest absolute Gasteiger partial charge is 0.233 e. The molecule has 4 atom stereocenters. The van der Waals surface area contributed by atoms with Gasteiger partial charge in [-0.25, -0.2) is 8.42 Å². The van der Waals surface area contributed by atoms with E-state index in [1.807, 2.05) is 13.8 Å². The van der Waals surface area contributed by atoms with Crippen LogP contribution in [-0.2, 0) is 13.8 Å². The number of rotatable bonds is 2. The molecular weight excluding hydrogens is 316 g/mol. The van der Waals surface area contributed by atoms with Crippen LogP contribution in [0.25, 0.3) is 0 Å². The Morgan fingerprint density at radius 1 is 1.50 bits per heavy atom. The van der Waals surface area contributed by atoms with Gasteiger partial charge in [-0.3, -0.25) is 4.79 Å². The summed E-state index contributed by atoms with van der Waals surface area (Å²) in [5.41, 5.74) is -1.08. The number of alkyl halides is 1. The monoisotopic (exact) mass is 328 g/mol. The number of carbonyl (C=O) groups is 1. The number of hydrogen-bond acceptors (Lipinski definition) is 3. The summed E-state index contributed by atoms with van der Waals surface area (Å²) < 4.78 is 22.6. The Balaban J connectivity index is 2.47. The van der Waals surface area contributed by atoms with E-state index in [4.69, 9.17) is 10.7 Å². The van der Waals surface area contributed by atoms with Gasteiger partial charge < -0.3 is 0 Å². The first-order valence-corrected chi connectivity index (χ1v) is 8.62. The van der Waals surface area contributed by atoms with E-state index < -0.39 is 19.9 Å². The van der Waals surface area contributed by atoms with Crippen LogP contribution < -0.4 is 0 Å². The normalized spacial score (nSPS) is 47.6. The molecule has 4 unspecified atom stereocenters. The third-order valence-corrected chi connectivity index (χ3v) is 6.98. The van der Waals surface area contributed by atoms with Crippen LogP contribution in [0.3, 0.4) is 0 Å². The van der Waals surface area contributed by atoms with Gasteiger partial charge in [0.15, 0.2) is 5.78 Å². The lowest BCUT2D eigenvalue weighted by Gasteiger charge is -2.35. The van der Waals surface area contributed by atoms with Crippen molar-refractivity contribution in [3.63, 3.8) is 0 Å². The zero-order valence-corrected chi connectivity index (χ0v) is 12.3. The Morgan fingerprint density at radius 3 is 2.44 bits per heavy atom. The molecule has 0 N–H and O–H groups in total. The van der Waals surface area contributed by atoms with Crippen LogP contribution >= 0.6 is 26.6 Å². The molecule has 0 saturated heterocycles. The third-order valence-electron chi connectivity index (χ3n) is 4.65. The molecule has 2 fully saturated rings. The Labute approximate surface area is 108 Å². The second-order valence-corrected chi connectivity index (χ2v) is 9.11. The molecular formula is C10H14BrClO3S. The minimum atomic E-state index is -3.58. The summed E-state index contributed by atoms with van der Waals surface area (Å²) in [5.74, 6) is 0.0985. The molecule has 3 nitrogen and oxygen atoms in total. The molecule has 6 heteroatoms. The Bertz CT molecular complexity index is 449. The third kappa shape index (κ3) is 1.51. The van der Waals surface area contributed by atoms with Gasteiger partial charge in [-0.2, -0.15) is 0 Å². The van der Waals surface area contributed by atoms with Crippen LogP contribution in [0.1, 0.15) is 26.7 Å². The van der Waals surface area contributed by atoms with Crippen LogP contribution in [0.2, 0.25) is 0 Å². The molecule has 0 aromatic heterocycles. The quantitative estimate of drug-likeness (QED) is 0.577. The minimum absolute atomic E-state index is 0.0820. The molecule has 2 aliphatic rings. The Morgan fingerprint density at radius 2 is 2.06 bits per heavy atom. The number of carbonyl (C=O) groups excluding carboxylic acids is 1. The van der Waals surface area contributed by atoms with Crippen LogP contribution in [0, 0.1) is 16.7 Å².